The van der Waals surface area contributed by atoms with Crippen molar-refractivity contribution in [3.63, 3.8) is 0 Å². The molecule has 0 bridgehead atoms. The standard InChI is InChI=1S/C17H27NO3/c1-6-7-8-21-17-15(19-4)9-14(10-16(17)20-5)12-18-11-13(2)3/h6,9-10,13,18H,1,7-8,11-12H2,2-5H3. The highest BCUT2D eigenvalue weighted by molar-refractivity contribution is 5.53. The van der Waals surface area contributed by atoms with Crippen molar-refractivity contribution in [2.75, 3.05) is 27.4 Å². The van der Waals surface area contributed by atoms with Gasteiger partial charge >= 0.3 is 0 Å². The fourth-order valence-corrected chi connectivity index (χ4v) is 1.93. The van der Waals surface area contributed by atoms with Gasteiger partial charge in [-0.2, -0.15) is 0 Å². The number of ether oxygens (including phenoxy) is 3. The van der Waals surface area contributed by atoms with E-state index in [4.69, 9.17) is 14.2 Å². The topological polar surface area (TPSA) is 39.7 Å². The van der Waals surface area contributed by atoms with E-state index in [0.717, 1.165) is 25.1 Å². The minimum Gasteiger partial charge on any atom is -0.493 e. The number of hydrogen-bond acceptors (Lipinski definition) is 4. The Morgan fingerprint density at radius 1 is 1.19 bits per heavy atom. The molecule has 0 heterocycles. The Labute approximate surface area is 128 Å². The summed E-state index contributed by atoms with van der Waals surface area (Å²) in [6, 6.07) is 3.97. The van der Waals surface area contributed by atoms with E-state index < -0.39 is 0 Å². The molecule has 1 aromatic carbocycles. The Balaban J connectivity index is 2.86. The molecule has 0 spiro atoms. The van der Waals surface area contributed by atoms with Crippen LogP contribution in [0.2, 0.25) is 0 Å². The van der Waals surface area contributed by atoms with Crippen molar-refractivity contribution in [2.24, 2.45) is 5.92 Å². The molecule has 0 saturated carbocycles. The van der Waals surface area contributed by atoms with Gasteiger partial charge in [-0.05, 0) is 36.6 Å². The SMILES string of the molecule is C=CCCOc1c(OC)cc(CNCC(C)C)cc1OC. The van der Waals surface area contributed by atoms with Crippen LogP contribution in [0.3, 0.4) is 0 Å². The molecule has 0 fully saturated rings. The predicted molar refractivity (Wildman–Crippen MR) is 86.4 cm³/mol. The van der Waals surface area contributed by atoms with Crippen molar-refractivity contribution < 1.29 is 14.2 Å². The van der Waals surface area contributed by atoms with Crippen molar-refractivity contribution in [1.82, 2.24) is 5.32 Å². The van der Waals surface area contributed by atoms with Gasteiger partial charge in [0, 0.05) is 6.54 Å². The molecule has 0 unspecified atom stereocenters. The van der Waals surface area contributed by atoms with Gasteiger partial charge in [0.2, 0.25) is 5.75 Å². The highest BCUT2D eigenvalue weighted by Gasteiger charge is 2.14. The highest BCUT2D eigenvalue weighted by atomic mass is 16.5. The van der Waals surface area contributed by atoms with Crippen LogP contribution in [0.4, 0.5) is 0 Å². The fraction of sp³-hybridized carbons (Fsp3) is 0.529. The summed E-state index contributed by atoms with van der Waals surface area (Å²) in [5.41, 5.74) is 1.11. The average molecular weight is 293 g/mol. The second-order valence-electron chi connectivity index (χ2n) is 5.28. The Morgan fingerprint density at radius 2 is 1.81 bits per heavy atom. The molecule has 0 aromatic heterocycles. The van der Waals surface area contributed by atoms with Crippen molar-refractivity contribution in [3.8, 4) is 17.2 Å². The summed E-state index contributed by atoms with van der Waals surface area (Å²) >= 11 is 0. The summed E-state index contributed by atoms with van der Waals surface area (Å²) in [6.45, 7) is 10.4. The van der Waals surface area contributed by atoms with E-state index in [1.807, 2.05) is 18.2 Å². The lowest BCUT2D eigenvalue weighted by atomic mass is 10.1. The first-order valence-electron chi connectivity index (χ1n) is 7.31. The van der Waals surface area contributed by atoms with Crippen LogP contribution in [0.15, 0.2) is 24.8 Å². The molecule has 0 amide bonds. The first-order chi connectivity index (χ1) is 10.1. The second kappa shape index (κ2) is 9.29. The molecule has 1 aromatic rings. The average Bonchev–Trinajstić information content (AvgIpc) is 2.47. The minimum absolute atomic E-state index is 0.557. The van der Waals surface area contributed by atoms with Crippen LogP contribution in [0, 0.1) is 5.92 Å². The molecule has 1 N–H and O–H groups in total. The van der Waals surface area contributed by atoms with Crippen molar-refractivity contribution in [3.05, 3.63) is 30.4 Å². The van der Waals surface area contributed by atoms with Gasteiger partial charge in [0.15, 0.2) is 11.5 Å². The Kier molecular flexibility index (Phi) is 7.69. The third-order valence-corrected chi connectivity index (χ3v) is 2.97. The molecule has 0 atom stereocenters. The predicted octanol–water partition coefficient (Wildman–Crippen LogP) is 3.40. The van der Waals surface area contributed by atoms with Gasteiger partial charge in [-0.1, -0.05) is 19.9 Å². The monoisotopic (exact) mass is 293 g/mol. The van der Waals surface area contributed by atoms with Gasteiger partial charge in [0.05, 0.1) is 20.8 Å². The number of rotatable bonds is 10. The van der Waals surface area contributed by atoms with E-state index in [0.29, 0.717) is 29.8 Å². The summed E-state index contributed by atoms with van der Waals surface area (Å²) in [6.07, 6.45) is 2.60. The summed E-state index contributed by atoms with van der Waals surface area (Å²) in [7, 11) is 3.28. The van der Waals surface area contributed by atoms with E-state index in [9.17, 15) is 0 Å². The lowest BCUT2D eigenvalue weighted by molar-refractivity contribution is 0.279. The molecule has 4 heteroatoms. The lowest BCUT2D eigenvalue weighted by Crippen LogP contribution is -2.19. The molecule has 0 saturated heterocycles. The number of methoxy groups -OCH3 is 2. The molecule has 0 aliphatic carbocycles. The van der Waals surface area contributed by atoms with Gasteiger partial charge in [-0.15, -0.1) is 6.58 Å². The second-order valence-corrected chi connectivity index (χ2v) is 5.28. The van der Waals surface area contributed by atoms with Crippen LogP contribution in [0.5, 0.6) is 17.2 Å². The molecule has 0 radical (unpaired) electrons. The van der Waals surface area contributed by atoms with Crippen LogP contribution in [0.25, 0.3) is 0 Å². The molecule has 21 heavy (non-hydrogen) atoms. The van der Waals surface area contributed by atoms with E-state index in [1.165, 1.54) is 0 Å². The minimum atomic E-state index is 0.557. The fourth-order valence-electron chi connectivity index (χ4n) is 1.93. The number of hydrogen-bond donors (Lipinski definition) is 1. The largest absolute Gasteiger partial charge is 0.493 e. The van der Waals surface area contributed by atoms with E-state index in [2.05, 4.69) is 25.7 Å². The zero-order valence-electron chi connectivity index (χ0n) is 13.6. The van der Waals surface area contributed by atoms with Crippen LogP contribution in [-0.4, -0.2) is 27.4 Å². The molecule has 0 aliphatic heterocycles. The lowest BCUT2D eigenvalue weighted by Gasteiger charge is -2.16. The highest BCUT2D eigenvalue weighted by Crippen LogP contribution is 2.38. The van der Waals surface area contributed by atoms with Crippen molar-refractivity contribution in [1.29, 1.82) is 0 Å². The van der Waals surface area contributed by atoms with Gasteiger partial charge in [-0.3, -0.25) is 0 Å². The summed E-state index contributed by atoms with van der Waals surface area (Å²) < 4.78 is 16.6. The molecule has 4 nitrogen and oxygen atoms in total. The van der Waals surface area contributed by atoms with Crippen LogP contribution < -0.4 is 19.5 Å². The quantitative estimate of drug-likeness (QED) is 0.530. The zero-order valence-corrected chi connectivity index (χ0v) is 13.6. The first-order valence-corrected chi connectivity index (χ1v) is 7.31. The summed E-state index contributed by atoms with van der Waals surface area (Å²) in [5.74, 6) is 2.66. The van der Waals surface area contributed by atoms with Crippen LogP contribution in [0.1, 0.15) is 25.8 Å². The molecular formula is C17H27NO3. The third kappa shape index (κ3) is 5.68. The van der Waals surface area contributed by atoms with E-state index >= 15 is 0 Å². The molecule has 1 rings (SSSR count). The molecule has 118 valence electrons. The van der Waals surface area contributed by atoms with Crippen molar-refractivity contribution >= 4 is 0 Å². The first kappa shape index (κ1) is 17.4. The Morgan fingerprint density at radius 3 is 2.29 bits per heavy atom. The van der Waals surface area contributed by atoms with Gasteiger partial charge in [0.1, 0.15) is 0 Å². The molecule has 0 aliphatic rings. The van der Waals surface area contributed by atoms with Crippen LogP contribution >= 0.6 is 0 Å². The maximum Gasteiger partial charge on any atom is 0.203 e. The maximum absolute atomic E-state index is 5.75. The van der Waals surface area contributed by atoms with E-state index in [1.54, 1.807) is 14.2 Å². The smallest absolute Gasteiger partial charge is 0.203 e. The van der Waals surface area contributed by atoms with Gasteiger partial charge in [0.25, 0.3) is 0 Å². The summed E-state index contributed by atoms with van der Waals surface area (Å²) in [4.78, 5) is 0. The Bertz CT molecular complexity index is 419. The van der Waals surface area contributed by atoms with E-state index in [-0.39, 0.29) is 0 Å². The molecular weight excluding hydrogens is 266 g/mol. The van der Waals surface area contributed by atoms with Crippen molar-refractivity contribution in [2.45, 2.75) is 26.8 Å². The summed E-state index contributed by atoms with van der Waals surface area (Å²) in [5, 5.41) is 3.41. The zero-order chi connectivity index (χ0) is 15.7. The van der Waals surface area contributed by atoms with Gasteiger partial charge in [-0.25, -0.2) is 0 Å². The third-order valence-electron chi connectivity index (χ3n) is 2.97. The number of benzene rings is 1. The Hall–Kier alpha value is -1.68. The number of nitrogens with one attached hydrogen (secondary N) is 1. The van der Waals surface area contributed by atoms with Gasteiger partial charge < -0.3 is 19.5 Å². The van der Waals surface area contributed by atoms with Crippen LogP contribution in [-0.2, 0) is 6.54 Å². The normalized spacial score (nSPS) is 10.5. The maximum atomic E-state index is 5.75.